The maximum Gasteiger partial charge on any atom is 0.159 e. The normalized spacial score (nSPS) is 24.6. The van der Waals surface area contributed by atoms with Gasteiger partial charge in [0.05, 0.1) is 6.20 Å². The van der Waals surface area contributed by atoms with E-state index in [2.05, 4.69) is 21.1 Å². The second-order valence-electron chi connectivity index (χ2n) is 8.05. The first kappa shape index (κ1) is 17.6. The van der Waals surface area contributed by atoms with Gasteiger partial charge in [-0.05, 0) is 55.5 Å². The average molecular weight is 360 g/mol. The zero-order valence-electron chi connectivity index (χ0n) is 15.3. The van der Waals surface area contributed by atoms with Crippen LogP contribution in [0.2, 0.25) is 0 Å². The number of rotatable bonds is 4. The number of piperidine rings is 1. The monoisotopic (exact) mass is 360 g/mol. The summed E-state index contributed by atoms with van der Waals surface area (Å²) in [4.78, 5) is 4.93. The Balaban J connectivity index is 1.37. The van der Waals surface area contributed by atoms with Crippen molar-refractivity contribution in [3.63, 3.8) is 0 Å². The molecule has 0 saturated carbocycles. The molecule has 2 aliphatic rings. The van der Waals surface area contributed by atoms with Crippen LogP contribution in [0.1, 0.15) is 30.4 Å². The van der Waals surface area contributed by atoms with Gasteiger partial charge in [0, 0.05) is 45.0 Å². The van der Waals surface area contributed by atoms with Crippen LogP contribution in [-0.4, -0.2) is 45.8 Å². The molecule has 4 rings (SSSR count). The molecule has 0 radical (unpaired) electrons. The molecule has 2 aliphatic heterocycles. The quantitative estimate of drug-likeness (QED) is 0.837. The van der Waals surface area contributed by atoms with Crippen LogP contribution in [0, 0.1) is 17.0 Å². The zero-order chi connectivity index (χ0) is 18.1. The lowest BCUT2D eigenvalue weighted by Gasteiger charge is -2.40. The predicted molar refractivity (Wildman–Crippen MR) is 96.4 cm³/mol. The van der Waals surface area contributed by atoms with Gasteiger partial charge in [-0.3, -0.25) is 14.5 Å². The maximum absolute atomic E-state index is 13.5. The summed E-state index contributed by atoms with van der Waals surface area (Å²) in [6.07, 6.45) is 7.67. The first-order valence-electron chi connectivity index (χ1n) is 9.38. The number of aryl methyl sites for hydroxylation is 1. The molecule has 1 spiro atoms. The summed E-state index contributed by atoms with van der Waals surface area (Å²) in [6, 6.07) is 4.26. The molecular formula is C20H26F2N4. The largest absolute Gasteiger partial charge is 0.298 e. The fourth-order valence-corrected chi connectivity index (χ4v) is 4.65. The van der Waals surface area contributed by atoms with Crippen molar-refractivity contribution in [3.8, 4) is 0 Å². The van der Waals surface area contributed by atoms with Crippen molar-refractivity contribution in [1.82, 2.24) is 19.6 Å². The highest BCUT2D eigenvalue weighted by Gasteiger charge is 2.41. The van der Waals surface area contributed by atoms with Crippen LogP contribution < -0.4 is 0 Å². The number of aromatic nitrogens is 2. The van der Waals surface area contributed by atoms with Gasteiger partial charge in [-0.15, -0.1) is 0 Å². The van der Waals surface area contributed by atoms with Crippen LogP contribution >= 0.6 is 0 Å². The molecule has 1 unspecified atom stereocenters. The third-order valence-electron chi connectivity index (χ3n) is 5.81. The maximum atomic E-state index is 13.5. The van der Waals surface area contributed by atoms with Crippen LogP contribution in [0.15, 0.2) is 30.6 Å². The first-order valence-corrected chi connectivity index (χ1v) is 9.38. The third kappa shape index (κ3) is 3.81. The molecule has 0 aliphatic carbocycles. The fraction of sp³-hybridized carbons (Fsp3) is 0.550. The Kier molecular flexibility index (Phi) is 4.80. The molecule has 4 nitrogen and oxygen atoms in total. The Hall–Kier alpha value is -1.79. The lowest BCUT2D eigenvalue weighted by Crippen LogP contribution is -2.44. The predicted octanol–water partition coefficient (Wildman–Crippen LogP) is 3.19. The van der Waals surface area contributed by atoms with E-state index in [0.717, 1.165) is 38.3 Å². The molecule has 1 aromatic carbocycles. The number of halogens is 2. The topological polar surface area (TPSA) is 24.3 Å². The summed E-state index contributed by atoms with van der Waals surface area (Å²) < 4.78 is 28.5. The van der Waals surface area contributed by atoms with E-state index >= 15 is 0 Å². The molecule has 3 heterocycles. The van der Waals surface area contributed by atoms with E-state index in [1.54, 1.807) is 6.07 Å². The van der Waals surface area contributed by atoms with Crippen molar-refractivity contribution in [3.05, 3.63) is 53.4 Å². The highest BCUT2D eigenvalue weighted by molar-refractivity contribution is 5.18. The molecule has 2 aromatic rings. The van der Waals surface area contributed by atoms with Crippen LogP contribution in [0.5, 0.6) is 0 Å². The van der Waals surface area contributed by atoms with Gasteiger partial charge in [0.2, 0.25) is 0 Å². The molecule has 6 heteroatoms. The van der Waals surface area contributed by atoms with Crippen molar-refractivity contribution >= 4 is 0 Å². The summed E-state index contributed by atoms with van der Waals surface area (Å²) in [5.41, 5.74) is 2.45. The minimum atomic E-state index is -0.772. The van der Waals surface area contributed by atoms with E-state index in [1.165, 1.54) is 37.0 Å². The van der Waals surface area contributed by atoms with Crippen LogP contribution in [0.4, 0.5) is 8.78 Å². The van der Waals surface area contributed by atoms with Gasteiger partial charge in [-0.25, -0.2) is 8.78 Å². The van der Waals surface area contributed by atoms with Gasteiger partial charge in [-0.1, -0.05) is 6.07 Å². The van der Waals surface area contributed by atoms with Gasteiger partial charge in [0.15, 0.2) is 11.6 Å². The SMILES string of the molecule is Cn1cc(CN2CCC3(CCCN(Cc4ccc(F)c(F)c4)C3)C2)cn1. The first-order chi connectivity index (χ1) is 12.5. The lowest BCUT2D eigenvalue weighted by atomic mass is 9.79. The number of nitrogens with zero attached hydrogens (tertiary/aromatic N) is 4. The van der Waals surface area contributed by atoms with Gasteiger partial charge in [-0.2, -0.15) is 5.10 Å². The third-order valence-corrected chi connectivity index (χ3v) is 5.81. The zero-order valence-corrected chi connectivity index (χ0v) is 15.3. The smallest absolute Gasteiger partial charge is 0.159 e. The number of hydrogen-bond donors (Lipinski definition) is 0. The Bertz CT molecular complexity index is 775. The molecule has 1 atom stereocenters. The van der Waals surface area contributed by atoms with Crippen LogP contribution in [0.3, 0.4) is 0 Å². The molecule has 2 fully saturated rings. The summed E-state index contributed by atoms with van der Waals surface area (Å²) in [5, 5.41) is 4.26. The van der Waals surface area contributed by atoms with E-state index in [9.17, 15) is 8.78 Å². The molecule has 0 amide bonds. The number of hydrogen-bond acceptors (Lipinski definition) is 3. The van der Waals surface area contributed by atoms with Crippen molar-refractivity contribution in [2.75, 3.05) is 26.2 Å². The lowest BCUT2D eigenvalue weighted by molar-refractivity contribution is 0.0865. The van der Waals surface area contributed by atoms with Crippen molar-refractivity contribution in [2.45, 2.75) is 32.4 Å². The molecule has 1 aromatic heterocycles. The molecule has 140 valence electrons. The second kappa shape index (κ2) is 7.08. The summed E-state index contributed by atoms with van der Waals surface area (Å²) >= 11 is 0. The van der Waals surface area contributed by atoms with E-state index in [-0.39, 0.29) is 0 Å². The number of benzene rings is 1. The van der Waals surface area contributed by atoms with Gasteiger partial charge >= 0.3 is 0 Å². The van der Waals surface area contributed by atoms with Crippen molar-refractivity contribution < 1.29 is 8.78 Å². The Morgan fingerprint density at radius 2 is 1.77 bits per heavy atom. The van der Waals surface area contributed by atoms with Crippen LogP contribution in [-0.2, 0) is 20.1 Å². The van der Waals surface area contributed by atoms with E-state index in [1.807, 2.05) is 17.9 Å². The summed E-state index contributed by atoms with van der Waals surface area (Å²) in [5.74, 6) is -1.52. The highest BCUT2D eigenvalue weighted by Crippen LogP contribution is 2.39. The Morgan fingerprint density at radius 3 is 2.50 bits per heavy atom. The highest BCUT2D eigenvalue weighted by atomic mass is 19.2. The van der Waals surface area contributed by atoms with E-state index < -0.39 is 11.6 Å². The van der Waals surface area contributed by atoms with Crippen molar-refractivity contribution in [1.29, 1.82) is 0 Å². The summed E-state index contributed by atoms with van der Waals surface area (Å²) in [7, 11) is 1.95. The molecule has 2 saturated heterocycles. The number of likely N-dealkylation sites (tertiary alicyclic amines) is 2. The average Bonchev–Trinajstić information content (AvgIpc) is 3.18. The second-order valence-corrected chi connectivity index (χ2v) is 8.05. The minimum Gasteiger partial charge on any atom is -0.298 e. The molecular weight excluding hydrogens is 334 g/mol. The fourth-order valence-electron chi connectivity index (χ4n) is 4.65. The van der Waals surface area contributed by atoms with Gasteiger partial charge in [0.25, 0.3) is 0 Å². The Morgan fingerprint density at radius 1 is 1.00 bits per heavy atom. The standard InChI is InChI=1S/C20H26F2N4/c1-24-11-17(10-23-24)13-26-8-6-20(15-26)5-2-7-25(14-20)12-16-3-4-18(21)19(22)9-16/h3-4,9-11H,2,5-8,12-15H2,1H3. The van der Waals surface area contributed by atoms with E-state index in [4.69, 9.17) is 0 Å². The molecule has 26 heavy (non-hydrogen) atoms. The van der Waals surface area contributed by atoms with Gasteiger partial charge < -0.3 is 0 Å². The van der Waals surface area contributed by atoms with Crippen molar-refractivity contribution in [2.24, 2.45) is 12.5 Å². The summed E-state index contributed by atoms with van der Waals surface area (Å²) in [6.45, 7) is 5.95. The Labute approximate surface area is 153 Å². The molecule has 0 N–H and O–H groups in total. The minimum absolute atomic E-state index is 0.332. The van der Waals surface area contributed by atoms with Gasteiger partial charge in [0.1, 0.15) is 0 Å². The molecule has 0 bridgehead atoms. The van der Waals surface area contributed by atoms with E-state index in [0.29, 0.717) is 12.0 Å². The van der Waals surface area contributed by atoms with Crippen LogP contribution in [0.25, 0.3) is 0 Å².